The first-order chi connectivity index (χ1) is 11.2. The minimum absolute atomic E-state index is 0.0146. The molecule has 1 heterocycles. The van der Waals surface area contributed by atoms with Gasteiger partial charge in [0, 0.05) is 20.1 Å². The number of carbonyl (C=O) groups is 1. The molecule has 128 valence electrons. The maximum absolute atomic E-state index is 11.4. The van der Waals surface area contributed by atoms with Crippen LogP contribution in [0, 0.1) is 5.92 Å². The summed E-state index contributed by atoms with van der Waals surface area (Å²) in [5, 5.41) is 0. The van der Waals surface area contributed by atoms with Gasteiger partial charge in [0.1, 0.15) is 19.0 Å². The Morgan fingerprint density at radius 1 is 1.26 bits per heavy atom. The average molecular weight is 324 g/mol. The third kappa shape index (κ3) is 4.59. The molecule has 0 spiro atoms. The summed E-state index contributed by atoms with van der Waals surface area (Å²) in [6.45, 7) is 2.42. The van der Waals surface area contributed by atoms with Gasteiger partial charge in [-0.05, 0) is 5.56 Å². The van der Waals surface area contributed by atoms with E-state index in [1.54, 1.807) is 7.11 Å². The third-order valence-corrected chi connectivity index (χ3v) is 3.92. The topological polar surface area (TPSA) is 63.2 Å². The Kier molecular flexibility index (Phi) is 7.14. The molecular formula is C17H24O6. The maximum Gasteiger partial charge on any atom is 0.162 e. The first kappa shape index (κ1) is 18.0. The molecule has 0 bridgehead atoms. The smallest absolute Gasteiger partial charge is 0.162 e. The van der Waals surface area contributed by atoms with Crippen LogP contribution in [0.3, 0.4) is 0 Å². The number of benzene rings is 1. The highest BCUT2D eigenvalue weighted by molar-refractivity contribution is 5.57. The van der Waals surface area contributed by atoms with Crippen LogP contribution in [0.25, 0.3) is 0 Å². The van der Waals surface area contributed by atoms with E-state index in [1.807, 2.05) is 37.3 Å². The highest BCUT2D eigenvalue weighted by atomic mass is 16.7. The van der Waals surface area contributed by atoms with Crippen LogP contribution in [0.1, 0.15) is 12.5 Å². The van der Waals surface area contributed by atoms with Crippen LogP contribution in [0.5, 0.6) is 0 Å². The van der Waals surface area contributed by atoms with Crippen LogP contribution in [0.15, 0.2) is 30.3 Å². The second-order valence-corrected chi connectivity index (χ2v) is 5.50. The van der Waals surface area contributed by atoms with E-state index in [2.05, 4.69) is 0 Å². The summed E-state index contributed by atoms with van der Waals surface area (Å²) in [6, 6.07) is 9.84. The largest absolute Gasteiger partial charge is 0.370 e. The summed E-state index contributed by atoms with van der Waals surface area (Å²) in [6.07, 6.45) is -1.33. The lowest BCUT2D eigenvalue weighted by atomic mass is 9.99. The molecule has 1 aliphatic rings. The van der Waals surface area contributed by atoms with Gasteiger partial charge in [0.25, 0.3) is 0 Å². The van der Waals surface area contributed by atoms with E-state index >= 15 is 0 Å². The highest BCUT2D eigenvalue weighted by Gasteiger charge is 2.47. The van der Waals surface area contributed by atoms with Crippen molar-refractivity contribution in [3.63, 3.8) is 0 Å². The fourth-order valence-electron chi connectivity index (χ4n) is 2.72. The number of rotatable bonds is 9. The second kappa shape index (κ2) is 9.10. The lowest BCUT2D eigenvalue weighted by Gasteiger charge is -2.25. The molecule has 1 saturated heterocycles. The van der Waals surface area contributed by atoms with E-state index < -0.39 is 18.5 Å². The van der Waals surface area contributed by atoms with Gasteiger partial charge >= 0.3 is 0 Å². The van der Waals surface area contributed by atoms with Crippen LogP contribution >= 0.6 is 0 Å². The minimum Gasteiger partial charge on any atom is -0.370 e. The quantitative estimate of drug-likeness (QED) is 0.509. The summed E-state index contributed by atoms with van der Waals surface area (Å²) in [4.78, 5) is 11.4. The predicted molar refractivity (Wildman–Crippen MR) is 82.7 cm³/mol. The van der Waals surface area contributed by atoms with Crippen molar-refractivity contribution in [2.45, 2.75) is 38.1 Å². The number of aldehydes is 1. The molecule has 1 aromatic carbocycles. The lowest BCUT2D eigenvalue weighted by molar-refractivity contribution is -0.180. The van der Waals surface area contributed by atoms with Crippen molar-refractivity contribution in [2.24, 2.45) is 5.92 Å². The van der Waals surface area contributed by atoms with E-state index in [0.29, 0.717) is 12.9 Å². The van der Waals surface area contributed by atoms with Gasteiger partial charge in [-0.3, -0.25) is 0 Å². The van der Waals surface area contributed by atoms with Crippen LogP contribution in [0.4, 0.5) is 0 Å². The van der Waals surface area contributed by atoms with Gasteiger partial charge < -0.3 is 28.5 Å². The zero-order chi connectivity index (χ0) is 16.7. The highest BCUT2D eigenvalue weighted by Crippen LogP contribution is 2.32. The predicted octanol–water partition coefficient (Wildman–Crippen LogP) is 1.77. The van der Waals surface area contributed by atoms with Crippen molar-refractivity contribution in [3.05, 3.63) is 35.9 Å². The Balaban J connectivity index is 2.05. The Morgan fingerprint density at radius 2 is 2.00 bits per heavy atom. The van der Waals surface area contributed by atoms with E-state index in [-0.39, 0.29) is 18.8 Å². The molecule has 1 aliphatic heterocycles. The van der Waals surface area contributed by atoms with Crippen molar-refractivity contribution in [2.75, 3.05) is 21.0 Å². The summed E-state index contributed by atoms with van der Waals surface area (Å²) < 4.78 is 27.4. The van der Waals surface area contributed by atoms with E-state index in [1.165, 1.54) is 7.11 Å². The van der Waals surface area contributed by atoms with Gasteiger partial charge in [0.05, 0.1) is 12.7 Å². The Bertz CT molecular complexity index is 465. The van der Waals surface area contributed by atoms with Crippen LogP contribution < -0.4 is 0 Å². The molecule has 0 radical (unpaired) electrons. The Labute approximate surface area is 136 Å². The maximum atomic E-state index is 11.4. The molecule has 23 heavy (non-hydrogen) atoms. The Morgan fingerprint density at radius 3 is 2.61 bits per heavy atom. The van der Waals surface area contributed by atoms with E-state index in [0.717, 1.165) is 5.56 Å². The van der Waals surface area contributed by atoms with Gasteiger partial charge in [0.2, 0.25) is 0 Å². The first-order valence-corrected chi connectivity index (χ1v) is 7.60. The number of ether oxygens (including phenoxy) is 5. The van der Waals surface area contributed by atoms with Gasteiger partial charge in [-0.25, -0.2) is 0 Å². The van der Waals surface area contributed by atoms with Crippen LogP contribution in [0.2, 0.25) is 0 Å². The molecule has 6 nitrogen and oxygen atoms in total. The fraction of sp³-hybridized carbons (Fsp3) is 0.588. The standard InChI is InChI=1S/C17H24O6/c1-12-15(21-10-13-7-5-4-6-8-13)16(23-17(12)20-3)14(9-18)22-11-19-2/h4-9,12,14-17H,10-11H2,1-3H3/t12-,14+,15-,16+,17-/m0/s1. The monoisotopic (exact) mass is 324 g/mol. The molecule has 0 saturated carbocycles. The van der Waals surface area contributed by atoms with Crippen LogP contribution in [-0.4, -0.2) is 51.9 Å². The average Bonchev–Trinajstić information content (AvgIpc) is 2.90. The van der Waals surface area contributed by atoms with Gasteiger partial charge in [-0.15, -0.1) is 0 Å². The number of carbonyl (C=O) groups excluding carboxylic acids is 1. The first-order valence-electron chi connectivity index (χ1n) is 7.60. The zero-order valence-corrected chi connectivity index (χ0v) is 13.7. The lowest BCUT2D eigenvalue weighted by Crippen LogP contribution is -2.41. The second-order valence-electron chi connectivity index (χ2n) is 5.50. The molecule has 5 atom stereocenters. The number of hydrogen-bond acceptors (Lipinski definition) is 6. The van der Waals surface area contributed by atoms with Crippen molar-refractivity contribution in [1.29, 1.82) is 0 Å². The SMILES string of the molecule is COCO[C@H](C=O)[C@H]1O[C@H](OC)[C@@H](C)[C@@H]1OCc1ccccc1. The molecule has 0 amide bonds. The van der Waals surface area contributed by atoms with Gasteiger partial charge in [-0.1, -0.05) is 37.3 Å². The van der Waals surface area contributed by atoms with Crippen molar-refractivity contribution in [3.8, 4) is 0 Å². The number of hydrogen-bond donors (Lipinski definition) is 0. The number of methoxy groups -OCH3 is 2. The van der Waals surface area contributed by atoms with E-state index in [4.69, 9.17) is 23.7 Å². The molecule has 0 N–H and O–H groups in total. The Hall–Kier alpha value is -1.31. The van der Waals surface area contributed by atoms with Crippen molar-refractivity contribution >= 4 is 6.29 Å². The molecule has 0 aromatic heterocycles. The molecule has 1 aromatic rings. The molecule has 1 fully saturated rings. The van der Waals surface area contributed by atoms with Gasteiger partial charge in [0.15, 0.2) is 12.6 Å². The van der Waals surface area contributed by atoms with Crippen molar-refractivity contribution < 1.29 is 28.5 Å². The minimum atomic E-state index is -0.765. The van der Waals surface area contributed by atoms with Gasteiger partial charge in [-0.2, -0.15) is 0 Å². The zero-order valence-electron chi connectivity index (χ0n) is 13.7. The molecular weight excluding hydrogens is 300 g/mol. The summed E-state index contributed by atoms with van der Waals surface area (Å²) >= 11 is 0. The molecule has 6 heteroatoms. The molecule has 2 rings (SSSR count). The summed E-state index contributed by atoms with van der Waals surface area (Å²) in [5.41, 5.74) is 1.06. The normalized spacial score (nSPS) is 28.7. The van der Waals surface area contributed by atoms with E-state index in [9.17, 15) is 4.79 Å². The molecule has 0 unspecified atom stereocenters. The fourth-order valence-corrected chi connectivity index (χ4v) is 2.72. The molecule has 0 aliphatic carbocycles. The van der Waals surface area contributed by atoms with Crippen LogP contribution in [-0.2, 0) is 35.1 Å². The third-order valence-electron chi connectivity index (χ3n) is 3.92. The summed E-state index contributed by atoms with van der Waals surface area (Å²) in [5.74, 6) is -0.0256. The summed E-state index contributed by atoms with van der Waals surface area (Å²) in [7, 11) is 3.07. The van der Waals surface area contributed by atoms with Crippen molar-refractivity contribution in [1.82, 2.24) is 0 Å².